The Morgan fingerprint density at radius 3 is 1.37 bits per heavy atom. The molecule has 1 aromatic carbocycles. The Labute approximate surface area is 266 Å². The van der Waals surface area contributed by atoms with E-state index in [0.29, 0.717) is 18.6 Å². The van der Waals surface area contributed by atoms with Gasteiger partial charge >= 0.3 is 5.97 Å². The van der Waals surface area contributed by atoms with Crippen molar-refractivity contribution in [2.24, 2.45) is 5.92 Å². The summed E-state index contributed by atoms with van der Waals surface area (Å²) in [4.78, 5) is 26.2. The Bertz CT molecular complexity index is 883. The molecule has 1 N–H and O–H groups in total. The number of ether oxygens (including phenoxy) is 1. The monoisotopic (exact) mass is 601 g/mol. The molecule has 0 aliphatic carbocycles. The molecule has 0 amide bonds. The molecule has 0 aliphatic heterocycles. The van der Waals surface area contributed by atoms with Gasteiger partial charge in [-0.25, -0.2) is 0 Å². The molecule has 0 bridgehead atoms. The highest BCUT2D eigenvalue weighted by atomic mass is 16.5. The van der Waals surface area contributed by atoms with Crippen molar-refractivity contribution in [3.8, 4) is 5.75 Å². The third kappa shape index (κ3) is 16.2. The first-order chi connectivity index (χ1) is 20.3. The molecule has 0 aliphatic rings. The van der Waals surface area contributed by atoms with Crippen molar-refractivity contribution in [1.82, 2.24) is 0 Å². The lowest BCUT2D eigenvalue weighted by Gasteiger charge is -2.28. The van der Waals surface area contributed by atoms with Crippen LogP contribution in [0.5, 0.6) is 5.75 Å². The molecule has 1 rings (SSSR count). The van der Waals surface area contributed by atoms with E-state index < -0.39 is 11.9 Å². The van der Waals surface area contributed by atoms with Gasteiger partial charge in [-0.2, -0.15) is 0 Å². The number of ketones is 1. The maximum Gasteiger partial charge on any atom is 0.316 e. The number of unbranched alkanes of at least 4 members (excludes halogenated alkanes) is 16. The number of rotatable bonds is 23. The molecule has 4 nitrogen and oxygen atoms in total. The first kappa shape index (κ1) is 39.2. The number of hydrogen-bond donors (Lipinski definition) is 1. The predicted octanol–water partition coefficient (Wildman–Crippen LogP) is 11.3. The summed E-state index contributed by atoms with van der Waals surface area (Å²) in [6, 6.07) is 3.94. The second-order valence-electron chi connectivity index (χ2n) is 14.9. The standard InChI is InChI=1S/C39H68O4/c1-9-11-12-13-14-15-16-17-18-19-20-21-22-23-24-25-26-27-35(40)32(37(42)43-10-2)28-31-29-33(38(3,4)5)36(41)34(30-31)39(6,7)8/h29-30,32,41H,9-28H2,1-8H3. The van der Waals surface area contributed by atoms with E-state index in [2.05, 4.69) is 48.5 Å². The molecule has 248 valence electrons. The number of benzene rings is 1. The van der Waals surface area contributed by atoms with Crippen LogP contribution in [0.15, 0.2) is 12.1 Å². The van der Waals surface area contributed by atoms with Crippen molar-refractivity contribution in [2.75, 3.05) is 6.61 Å². The Balaban J connectivity index is 2.47. The zero-order chi connectivity index (χ0) is 32.3. The average Bonchev–Trinajstić information content (AvgIpc) is 2.92. The van der Waals surface area contributed by atoms with Crippen LogP contribution in [0.25, 0.3) is 0 Å². The highest BCUT2D eigenvalue weighted by Crippen LogP contribution is 2.40. The normalized spacial score (nSPS) is 12.8. The minimum atomic E-state index is -0.800. The zero-order valence-corrected chi connectivity index (χ0v) is 29.5. The lowest BCUT2D eigenvalue weighted by atomic mass is 9.77. The van der Waals surface area contributed by atoms with E-state index in [-0.39, 0.29) is 23.2 Å². The van der Waals surface area contributed by atoms with Crippen LogP contribution in [0, 0.1) is 5.92 Å². The van der Waals surface area contributed by atoms with Crippen molar-refractivity contribution in [2.45, 2.75) is 188 Å². The fourth-order valence-corrected chi connectivity index (χ4v) is 5.96. The second kappa shape index (κ2) is 21.0. The van der Waals surface area contributed by atoms with Crippen LogP contribution in [-0.4, -0.2) is 23.5 Å². The van der Waals surface area contributed by atoms with E-state index in [4.69, 9.17) is 4.74 Å². The maximum atomic E-state index is 13.3. The topological polar surface area (TPSA) is 63.6 Å². The van der Waals surface area contributed by atoms with Crippen molar-refractivity contribution < 1.29 is 19.4 Å². The minimum Gasteiger partial charge on any atom is -0.507 e. The SMILES string of the molecule is CCCCCCCCCCCCCCCCCCCC(=O)C(Cc1cc(C(C)(C)C)c(O)c(C(C)(C)C)c1)C(=O)OCC. The van der Waals surface area contributed by atoms with Crippen LogP contribution >= 0.6 is 0 Å². The highest BCUT2D eigenvalue weighted by Gasteiger charge is 2.31. The van der Waals surface area contributed by atoms with Crippen LogP contribution in [0.1, 0.15) is 188 Å². The van der Waals surface area contributed by atoms with Crippen LogP contribution in [0.3, 0.4) is 0 Å². The number of aromatic hydroxyl groups is 1. The molecule has 0 saturated carbocycles. The van der Waals surface area contributed by atoms with E-state index >= 15 is 0 Å². The van der Waals surface area contributed by atoms with Crippen LogP contribution < -0.4 is 0 Å². The summed E-state index contributed by atoms with van der Waals surface area (Å²) in [5.74, 6) is -0.943. The van der Waals surface area contributed by atoms with Gasteiger partial charge in [-0.05, 0) is 47.3 Å². The summed E-state index contributed by atoms with van der Waals surface area (Å²) in [6.07, 6.45) is 22.9. The van der Waals surface area contributed by atoms with Crippen molar-refractivity contribution in [3.63, 3.8) is 0 Å². The number of phenolic OH excluding ortho intramolecular Hbond substituents is 1. The van der Waals surface area contributed by atoms with Crippen LogP contribution in [-0.2, 0) is 31.6 Å². The molecule has 0 spiro atoms. The van der Waals surface area contributed by atoms with Gasteiger partial charge in [0.15, 0.2) is 0 Å². The molecule has 1 unspecified atom stereocenters. The fraction of sp³-hybridized carbons (Fsp3) is 0.795. The molecule has 0 radical (unpaired) electrons. The lowest BCUT2D eigenvalue weighted by Crippen LogP contribution is -2.29. The maximum absolute atomic E-state index is 13.3. The van der Waals surface area contributed by atoms with E-state index in [1.165, 1.54) is 89.9 Å². The summed E-state index contributed by atoms with van der Waals surface area (Å²) >= 11 is 0. The van der Waals surface area contributed by atoms with Crippen LogP contribution in [0.2, 0.25) is 0 Å². The van der Waals surface area contributed by atoms with Crippen molar-refractivity contribution in [1.29, 1.82) is 0 Å². The van der Waals surface area contributed by atoms with Gasteiger partial charge in [0.1, 0.15) is 17.5 Å². The number of Topliss-reactive ketones (excluding diaryl/α,β-unsaturated/α-hetero) is 1. The van der Waals surface area contributed by atoms with Crippen molar-refractivity contribution >= 4 is 11.8 Å². The largest absolute Gasteiger partial charge is 0.507 e. The van der Waals surface area contributed by atoms with E-state index in [9.17, 15) is 14.7 Å². The van der Waals surface area contributed by atoms with Gasteiger partial charge in [0.2, 0.25) is 0 Å². The van der Waals surface area contributed by atoms with Crippen LogP contribution in [0.4, 0.5) is 0 Å². The van der Waals surface area contributed by atoms with E-state index in [0.717, 1.165) is 36.0 Å². The third-order valence-electron chi connectivity index (χ3n) is 8.71. The second-order valence-corrected chi connectivity index (χ2v) is 14.9. The molecule has 0 heterocycles. The smallest absolute Gasteiger partial charge is 0.316 e. The molecular formula is C39H68O4. The van der Waals surface area contributed by atoms with Gasteiger partial charge in [-0.15, -0.1) is 0 Å². The molecule has 43 heavy (non-hydrogen) atoms. The Morgan fingerprint density at radius 1 is 0.651 bits per heavy atom. The van der Waals surface area contributed by atoms with E-state index in [1.54, 1.807) is 6.92 Å². The molecular weight excluding hydrogens is 532 g/mol. The molecule has 0 fully saturated rings. The van der Waals surface area contributed by atoms with Gasteiger partial charge < -0.3 is 9.84 Å². The predicted molar refractivity (Wildman–Crippen MR) is 183 cm³/mol. The number of esters is 1. The van der Waals surface area contributed by atoms with Gasteiger partial charge in [0.25, 0.3) is 0 Å². The summed E-state index contributed by atoms with van der Waals surface area (Å²) in [5.41, 5.74) is 2.06. The summed E-state index contributed by atoms with van der Waals surface area (Å²) in [5, 5.41) is 11.1. The molecule has 0 aromatic heterocycles. The van der Waals surface area contributed by atoms with Gasteiger partial charge in [-0.1, -0.05) is 163 Å². The fourth-order valence-electron chi connectivity index (χ4n) is 5.96. The molecule has 4 heteroatoms. The van der Waals surface area contributed by atoms with Gasteiger partial charge in [0, 0.05) is 6.42 Å². The number of phenols is 1. The van der Waals surface area contributed by atoms with Gasteiger partial charge in [0.05, 0.1) is 6.61 Å². The molecule has 1 aromatic rings. The zero-order valence-electron chi connectivity index (χ0n) is 29.5. The van der Waals surface area contributed by atoms with E-state index in [1.807, 2.05) is 12.1 Å². The summed E-state index contributed by atoms with van der Waals surface area (Å²) < 4.78 is 5.34. The lowest BCUT2D eigenvalue weighted by molar-refractivity contribution is -0.151. The number of hydrogen-bond acceptors (Lipinski definition) is 4. The first-order valence-corrected chi connectivity index (χ1v) is 17.9. The Hall–Kier alpha value is -1.84. The Kier molecular flexibility index (Phi) is 19.1. The molecule has 0 saturated heterocycles. The highest BCUT2D eigenvalue weighted by molar-refractivity contribution is 5.99. The summed E-state index contributed by atoms with van der Waals surface area (Å²) in [6.45, 7) is 16.8. The minimum absolute atomic E-state index is 0.0258. The van der Waals surface area contributed by atoms with Crippen molar-refractivity contribution in [3.05, 3.63) is 28.8 Å². The Morgan fingerprint density at radius 2 is 1.02 bits per heavy atom. The average molecular weight is 601 g/mol. The van der Waals surface area contributed by atoms with Gasteiger partial charge in [-0.3, -0.25) is 9.59 Å². The number of carbonyl (C=O) groups is 2. The molecule has 1 atom stereocenters. The quantitative estimate of drug-likeness (QED) is 0.0771. The number of carbonyl (C=O) groups excluding carboxylic acids is 2. The first-order valence-electron chi connectivity index (χ1n) is 17.9. The third-order valence-corrected chi connectivity index (χ3v) is 8.71. The summed E-state index contributed by atoms with van der Waals surface area (Å²) in [7, 11) is 0.